The molecule has 25 heavy (non-hydrogen) atoms. The zero-order valence-electron chi connectivity index (χ0n) is 15.3. The average Bonchev–Trinajstić information content (AvgIpc) is 2.97. The lowest BCUT2D eigenvalue weighted by molar-refractivity contribution is 0.0662. The van der Waals surface area contributed by atoms with Gasteiger partial charge in [-0.05, 0) is 44.6 Å². The number of piperidine rings is 1. The molecule has 3 heterocycles. The maximum atomic E-state index is 13.2. The van der Waals surface area contributed by atoms with Crippen LogP contribution in [0.15, 0.2) is 10.6 Å². The third-order valence-corrected chi connectivity index (χ3v) is 4.87. The minimum Gasteiger partial charge on any atom is -0.338 e. The number of nitrogens with two attached hydrogens (primary N) is 1. The third kappa shape index (κ3) is 3.80. The molecule has 1 amide bonds. The van der Waals surface area contributed by atoms with Crippen LogP contribution in [0, 0.1) is 12.8 Å². The van der Waals surface area contributed by atoms with E-state index in [1.807, 2.05) is 38.7 Å². The summed E-state index contributed by atoms with van der Waals surface area (Å²) < 4.78 is 5.38. The fourth-order valence-corrected chi connectivity index (χ4v) is 3.45. The van der Waals surface area contributed by atoms with E-state index in [4.69, 9.17) is 10.3 Å². The van der Waals surface area contributed by atoms with Crippen LogP contribution in [0.25, 0.3) is 11.1 Å². The second-order valence-electron chi connectivity index (χ2n) is 7.23. The fourth-order valence-electron chi connectivity index (χ4n) is 3.45. The van der Waals surface area contributed by atoms with Crippen molar-refractivity contribution >= 4 is 29.4 Å². The number of halogens is 1. The standard InChI is InChI=1S/C18H26N4O2.ClH/c1-10(2)16-15-14(8-11(3)20-17(15)24-21-16)18(23)22-7-5-6-13(9-22)12(4)19;/h8,10,12-13H,5-7,9,19H2,1-4H3;1H. The number of amides is 1. The van der Waals surface area contributed by atoms with Crippen molar-refractivity contribution in [2.24, 2.45) is 11.7 Å². The first-order valence-electron chi connectivity index (χ1n) is 8.70. The van der Waals surface area contributed by atoms with E-state index in [-0.39, 0.29) is 30.3 Å². The molecule has 1 fully saturated rings. The normalized spacial score (nSPS) is 19.1. The van der Waals surface area contributed by atoms with Crippen molar-refractivity contribution in [1.82, 2.24) is 15.0 Å². The van der Waals surface area contributed by atoms with E-state index < -0.39 is 0 Å². The first-order chi connectivity index (χ1) is 11.4. The van der Waals surface area contributed by atoms with Crippen molar-refractivity contribution in [1.29, 1.82) is 0 Å². The predicted molar refractivity (Wildman–Crippen MR) is 100 cm³/mol. The van der Waals surface area contributed by atoms with Gasteiger partial charge in [-0.1, -0.05) is 19.0 Å². The van der Waals surface area contributed by atoms with Crippen LogP contribution >= 0.6 is 12.4 Å². The van der Waals surface area contributed by atoms with Crippen LogP contribution in [0.1, 0.15) is 61.3 Å². The maximum Gasteiger partial charge on any atom is 0.259 e. The SMILES string of the molecule is Cc1cc(C(=O)N2CCCC(C(C)N)C2)c2c(C(C)C)noc2n1.Cl. The van der Waals surface area contributed by atoms with Crippen LogP contribution in [0.3, 0.4) is 0 Å². The number of carbonyl (C=O) groups excluding carboxylic acids is 1. The maximum absolute atomic E-state index is 13.2. The molecule has 138 valence electrons. The summed E-state index contributed by atoms with van der Waals surface area (Å²) in [4.78, 5) is 19.5. The van der Waals surface area contributed by atoms with Gasteiger partial charge in [0.15, 0.2) is 0 Å². The van der Waals surface area contributed by atoms with Crippen molar-refractivity contribution in [2.45, 2.75) is 52.5 Å². The lowest BCUT2D eigenvalue weighted by Crippen LogP contribution is -2.45. The molecule has 2 aromatic heterocycles. The Bertz CT molecular complexity index is 757. The molecule has 2 unspecified atom stereocenters. The van der Waals surface area contributed by atoms with Gasteiger partial charge in [0.1, 0.15) is 0 Å². The van der Waals surface area contributed by atoms with E-state index in [1.165, 1.54) is 0 Å². The molecular formula is C18H27ClN4O2. The molecule has 2 atom stereocenters. The van der Waals surface area contributed by atoms with Crippen molar-refractivity contribution in [3.63, 3.8) is 0 Å². The molecule has 7 heteroatoms. The van der Waals surface area contributed by atoms with Gasteiger partial charge in [0.25, 0.3) is 11.6 Å². The van der Waals surface area contributed by atoms with Gasteiger partial charge >= 0.3 is 0 Å². The highest BCUT2D eigenvalue weighted by Crippen LogP contribution is 2.29. The number of aryl methyl sites for hydroxylation is 1. The summed E-state index contributed by atoms with van der Waals surface area (Å²) in [6.45, 7) is 9.45. The van der Waals surface area contributed by atoms with Gasteiger partial charge in [0.2, 0.25) is 0 Å². The number of pyridine rings is 1. The highest BCUT2D eigenvalue weighted by atomic mass is 35.5. The summed E-state index contributed by atoms with van der Waals surface area (Å²) in [5.41, 5.74) is 8.71. The molecule has 6 nitrogen and oxygen atoms in total. The summed E-state index contributed by atoms with van der Waals surface area (Å²) in [6.07, 6.45) is 2.07. The molecule has 2 N–H and O–H groups in total. The van der Waals surface area contributed by atoms with E-state index >= 15 is 0 Å². The number of hydrogen-bond donors (Lipinski definition) is 1. The topological polar surface area (TPSA) is 85.2 Å². The molecule has 0 saturated carbocycles. The Morgan fingerprint density at radius 1 is 1.40 bits per heavy atom. The van der Waals surface area contributed by atoms with E-state index in [9.17, 15) is 4.79 Å². The number of aromatic nitrogens is 2. The minimum absolute atomic E-state index is 0. The third-order valence-electron chi connectivity index (χ3n) is 4.87. The molecule has 3 rings (SSSR count). The molecule has 0 radical (unpaired) electrons. The number of carbonyl (C=O) groups is 1. The number of rotatable bonds is 3. The predicted octanol–water partition coefficient (Wildman–Crippen LogP) is 3.28. The van der Waals surface area contributed by atoms with Gasteiger partial charge in [-0.3, -0.25) is 4.79 Å². The molecular weight excluding hydrogens is 340 g/mol. The highest BCUT2D eigenvalue weighted by molar-refractivity contribution is 6.06. The van der Waals surface area contributed by atoms with Crippen LogP contribution < -0.4 is 5.73 Å². The molecule has 0 bridgehead atoms. The van der Waals surface area contributed by atoms with Crippen LogP contribution in [-0.2, 0) is 0 Å². The Labute approximate surface area is 154 Å². The first-order valence-corrected chi connectivity index (χ1v) is 8.70. The van der Waals surface area contributed by atoms with E-state index in [0.717, 1.165) is 36.2 Å². The van der Waals surface area contributed by atoms with Crippen molar-refractivity contribution in [2.75, 3.05) is 13.1 Å². The Kier molecular flexibility index (Phi) is 6.06. The van der Waals surface area contributed by atoms with Crippen molar-refractivity contribution in [3.8, 4) is 0 Å². The number of likely N-dealkylation sites (tertiary alicyclic amines) is 1. The number of nitrogens with zero attached hydrogens (tertiary/aromatic N) is 3. The van der Waals surface area contributed by atoms with Gasteiger partial charge in [-0.2, -0.15) is 0 Å². The monoisotopic (exact) mass is 366 g/mol. The zero-order chi connectivity index (χ0) is 17.4. The molecule has 0 aliphatic carbocycles. The summed E-state index contributed by atoms with van der Waals surface area (Å²) in [5, 5.41) is 4.89. The molecule has 0 spiro atoms. The Morgan fingerprint density at radius 3 is 2.76 bits per heavy atom. The lowest BCUT2D eigenvalue weighted by atomic mass is 9.91. The second-order valence-corrected chi connectivity index (χ2v) is 7.23. The second kappa shape index (κ2) is 7.70. The van der Waals surface area contributed by atoms with Crippen LogP contribution in [0.5, 0.6) is 0 Å². The van der Waals surface area contributed by atoms with Crippen LogP contribution in [0.2, 0.25) is 0 Å². The fraction of sp³-hybridized carbons (Fsp3) is 0.611. The lowest BCUT2D eigenvalue weighted by Gasteiger charge is -2.34. The number of hydrogen-bond acceptors (Lipinski definition) is 5. The van der Waals surface area contributed by atoms with Crippen molar-refractivity contribution in [3.05, 3.63) is 23.0 Å². The van der Waals surface area contributed by atoms with Crippen molar-refractivity contribution < 1.29 is 9.32 Å². The summed E-state index contributed by atoms with van der Waals surface area (Å²) >= 11 is 0. The van der Waals surface area contributed by atoms with Gasteiger partial charge < -0.3 is 15.2 Å². The van der Waals surface area contributed by atoms with Crippen LogP contribution in [0.4, 0.5) is 0 Å². The highest BCUT2D eigenvalue weighted by Gasteiger charge is 2.29. The molecule has 1 aliphatic heterocycles. The largest absolute Gasteiger partial charge is 0.338 e. The van der Waals surface area contributed by atoms with Gasteiger partial charge in [-0.15, -0.1) is 12.4 Å². The van der Waals surface area contributed by atoms with E-state index in [1.54, 1.807) is 0 Å². The molecule has 0 aromatic carbocycles. The Morgan fingerprint density at radius 2 is 2.12 bits per heavy atom. The van der Waals surface area contributed by atoms with Crippen LogP contribution in [-0.4, -0.2) is 40.1 Å². The molecule has 1 saturated heterocycles. The molecule has 1 aliphatic rings. The summed E-state index contributed by atoms with van der Waals surface area (Å²) in [6, 6.07) is 1.95. The van der Waals surface area contributed by atoms with E-state index in [0.29, 0.717) is 23.7 Å². The first kappa shape index (κ1) is 19.7. The zero-order valence-corrected chi connectivity index (χ0v) is 16.1. The average molecular weight is 367 g/mol. The van der Waals surface area contributed by atoms with E-state index in [2.05, 4.69) is 10.1 Å². The molecule has 2 aromatic rings. The summed E-state index contributed by atoms with van der Waals surface area (Å²) in [7, 11) is 0. The van der Waals surface area contributed by atoms with Gasteiger partial charge in [-0.25, -0.2) is 4.98 Å². The quantitative estimate of drug-likeness (QED) is 0.900. The Balaban J connectivity index is 0.00000225. The smallest absolute Gasteiger partial charge is 0.259 e. The summed E-state index contributed by atoms with van der Waals surface area (Å²) in [5.74, 6) is 0.551. The Hall–Kier alpha value is -1.66. The minimum atomic E-state index is 0. The van der Waals surface area contributed by atoms with Gasteiger partial charge in [0, 0.05) is 24.8 Å². The van der Waals surface area contributed by atoms with Gasteiger partial charge in [0.05, 0.1) is 16.6 Å². The number of fused-ring (bicyclic) bond motifs is 1.